The fourth-order valence-electron chi connectivity index (χ4n) is 0.929. The molecule has 0 spiro atoms. The van der Waals surface area contributed by atoms with Gasteiger partial charge in [-0.2, -0.15) is 13.2 Å². The van der Waals surface area contributed by atoms with Gasteiger partial charge in [-0.25, -0.2) is 0 Å². The Morgan fingerprint density at radius 2 is 1.85 bits per heavy atom. The van der Waals surface area contributed by atoms with E-state index in [1.165, 1.54) is 25.3 Å². The molecular weight excluding hydrogens is 183 g/mol. The maximum atomic E-state index is 12.3. The number of hydrogen-bond donors (Lipinski definition) is 1. The molecule has 1 N–H and O–H groups in total. The Labute approximate surface area is 73.3 Å². The molecule has 0 aliphatic carbocycles. The van der Waals surface area contributed by atoms with Crippen molar-refractivity contribution in [3.05, 3.63) is 29.8 Å². The van der Waals surface area contributed by atoms with Crippen molar-refractivity contribution < 1.29 is 18.0 Å². The summed E-state index contributed by atoms with van der Waals surface area (Å²) < 4.78 is 36.8. The molecule has 5 heteroatoms. The second kappa shape index (κ2) is 3.66. The summed E-state index contributed by atoms with van der Waals surface area (Å²) in [5, 5.41) is 0. The Morgan fingerprint density at radius 3 is 2.38 bits per heavy atom. The van der Waals surface area contributed by atoms with E-state index in [1.807, 2.05) is 0 Å². The van der Waals surface area contributed by atoms with Crippen LogP contribution in [0.15, 0.2) is 24.3 Å². The van der Waals surface area contributed by atoms with E-state index in [9.17, 15) is 13.2 Å². The summed E-state index contributed by atoms with van der Waals surface area (Å²) in [5.74, 6) is 0. The molecule has 0 saturated heterocycles. The molecule has 0 unspecified atom stereocenters. The molecule has 0 fully saturated rings. The van der Waals surface area contributed by atoms with E-state index in [2.05, 4.69) is 10.3 Å². The number of halogens is 3. The lowest BCUT2D eigenvalue weighted by Crippen LogP contribution is -2.09. The van der Waals surface area contributed by atoms with Gasteiger partial charge < -0.3 is 0 Å². The van der Waals surface area contributed by atoms with E-state index in [0.29, 0.717) is 0 Å². The Hall–Kier alpha value is -1.23. The average molecular weight is 191 g/mol. The highest BCUT2D eigenvalue weighted by molar-refractivity contribution is 5.50. The fourth-order valence-corrected chi connectivity index (χ4v) is 0.929. The lowest BCUT2D eigenvalue weighted by molar-refractivity contribution is -0.137. The lowest BCUT2D eigenvalue weighted by Gasteiger charge is -2.12. The molecule has 0 heterocycles. The van der Waals surface area contributed by atoms with Gasteiger partial charge in [0.1, 0.15) is 0 Å². The third-order valence-electron chi connectivity index (χ3n) is 1.44. The molecule has 72 valence electrons. The molecule has 0 aromatic heterocycles. The highest BCUT2D eigenvalue weighted by Crippen LogP contribution is 2.34. The Bertz CT molecular complexity index is 285. The van der Waals surface area contributed by atoms with Gasteiger partial charge in [0, 0.05) is 0 Å². The Kier molecular flexibility index (Phi) is 2.77. The average Bonchev–Trinajstić information content (AvgIpc) is 2.04. The van der Waals surface area contributed by atoms with E-state index in [1.54, 1.807) is 0 Å². The van der Waals surface area contributed by atoms with Crippen molar-refractivity contribution >= 4 is 5.69 Å². The summed E-state index contributed by atoms with van der Waals surface area (Å²) in [5.41, 5.74) is 1.34. The SMILES string of the molecule is CONc1ccccc1C(F)(F)F. The summed E-state index contributed by atoms with van der Waals surface area (Å²) in [6.45, 7) is 0. The van der Waals surface area contributed by atoms with Gasteiger partial charge in [-0.15, -0.1) is 0 Å². The van der Waals surface area contributed by atoms with Crippen LogP contribution in [0.1, 0.15) is 5.56 Å². The molecule has 0 radical (unpaired) electrons. The van der Waals surface area contributed by atoms with Crippen molar-refractivity contribution in [3.8, 4) is 0 Å². The van der Waals surface area contributed by atoms with Crippen LogP contribution in [-0.2, 0) is 11.0 Å². The van der Waals surface area contributed by atoms with E-state index in [4.69, 9.17) is 0 Å². The van der Waals surface area contributed by atoms with Gasteiger partial charge in [-0.3, -0.25) is 10.3 Å². The maximum absolute atomic E-state index is 12.3. The second-order valence-electron chi connectivity index (χ2n) is 2.35. The first-order valence-electron chi connectivity index (χ1n) is 3.51. The minimum absolute atomic E-state index is 0.0856. The quantitative estimate of drug-likeness (QED) is 0.725. The molecule has 0 saturated carbocycles. The van der Waals surface area contributed by atoms with Crippen LogP contribution in [0, 0.1) is 0 Å². The molecule has 13 heavy (non-hydrogen) atoms. The van der Waals surface area contributed by atoms with Gasteiger partial charge in [-0.05, 0) is 12.1 Å². The van der Waals surface area contributed by atoms with E-state index >= 15 is 0 Å². The number of rotatable bonds is 2. The Morgan fingerprint density at radius 1 is 1.23 bits per heavy atom. The third-order valence-corrected chi connectivity index (χ3v) is 1.44. The molecule has 0 amide bonds. The van der Waals surface area contributed by atoms with Gasteiger partial charge in [0.2, 0.25) is 0 Å². The molecule has 0 atom stereocenters. The number of anilines is 1. The number of para-hydroxylation sites is 1. The standard InChI is InChI=1S/C8H8F3NO/c1-13-12-7-5-3-2-4-6(7)8(9,10)11/h2-5,12H,1H3. The van der Waals surface area contributed by atoms with Crippen molar-refractivity contribution in [1.82, 2.24) is 0 Å². The smallest absolute Gasteiger partial charge is 0.279 e. The van der Waals surface area contributed by atoms with E-state index in [-0.39, 0.29) is 5.69 Å². The third kappa shape index (κ3) is 2.35. The van der Waals surface area contributed by atoms with Crippen LogP contribution >= 0.6 is 0 Å². The van der Waals surface area contributed by atoms with E-state index in [0.717, 1.165) is 6.07 Å². The summed E-state index contributed by atoms with van der Waals surface area (Å²) in [6, 6.07) is 5.11. The maximum Gasteiger partial charge on any atom is 0.418 e. The van der Waals surface area contributed by atoms with Gasteiger partial charge in [0.25, 0.3) is 0 Å². The highest BCUT2D eigenvalue weighted by Gasteiger charge is 2.33. The van der Waals surface area contributed by atoms with Crippen LogP contribution in [0.4, 0.5) is 18.9 Å². The van der Waals surface area contributed by atoms with Crippen LogP contribution in [-0.4, -0.2) is 7.11 Å². The molecule has 0 aliphatic heterocycles. The summed E-state index contributed by atoms with van der Waals surface area (Å²) in [7, 11) is 1.26. The van der Waals surface area contributed by atoms with Crippen LogP contribution in [0.2, 0.25) is 0 Å². The number of alkyl halides is 3. The minimum atomic E-state index is -4.36. The number of nitrogens with one attached hydrogen (secondary N) is 1. The monoisotopic (exact) mass is 191 g/mol. The fraction of sp³-hybridized carbons (Fsp3) is 0.250. The van der Waals surface area contributed by atoms with Crippen LogP contribution in [0.3, 0.4) is 0 Å². The van der Waals surface area contributed by atoms with Gasteiger partial charge in [0.15, 0.2) is 0 Å². The van der Waals surface area contributed by atoms with Crippen LogP contribution in [0.5, 0.6) is 0 Å². The zero-order chi connectivity index (χ0) is 9.90. The largest absolute Gasteiger partial charge is 0.418 e. The first-order valence-corrected chi connectivity index (χ1v) is 3.51. The van der Waals surface area contributed by atoms with Crippen molar-refractivity contribution in [2.24, 2.45) is 0 Å². The first-order chi connectivity index (χ1) is 6.05. The highest BCUT2D eigenvalue weighted by atomic mass is 19.4. The first kappa shape index (κ1) is 9.85. The summed E-state index contributed by atoms with van der Waals surface area (Å²) >= 11 is 0. The van der Waals surface area contributed by atoms with Crippen LogP contribution < -0.4 is 5.48 Å². The van der Waals surface area contributed by atoms with Crippen LogP contribution in [0.25, 0.3) is 0 Å². The van der Waals surface area contributed by atoms with Crippen molar-refractivity contribution in [3.63, 3.8) is 0 Å². The predicted molar refractivity (Wildman–Crippen MR) is 42.1 cm³/mol. The van der Waals surface area contributed by atoms with Gasteiger partial charge >= 0.3 is 6.18 Å². The normalized spacial score (nSPS) is 11.4. The minimum Gasteiger partial charge on any atom is -0.279 e. The zero-order valence-corrected chi connectivity index (χ0v) is 6.85. The number of benzene rings is 1. The van der Waals surface area contributed by atoms with Crippen molar-refractivity contribution in [1.29, 1.82) is 0 Å². The van der Waals surface area contributed by atoms with Gasteiger partial charge in [0.05, 0.1) is 18.4 Å². The molecule has 0 aliphatic rings. The predicted octanol–water partition coefficient (Wildman–Crippen LogP) is 2.68. The van der Waals surface area contributed by atoms with Crippen molar-refractivity contribution in [2.75, 3.05) is 12.6 Å². The van der Waals surface area contributed by atoms with Crippen molar-refractivity contribution in [2.45, 2.75) is 6.18 Å². The number of hydrogen-bond acceptors (Lipinski definition) is 2. The molecule has 1 aromatic carbocycles. The summed E-state index contributed by atoms with van der Waals surface area (Å²) in [6.07, 6.45) is -4.36. The molecule has 1 aromatic rings. The van der Waals surface area contributed by atoms with Gasteiger partial charge in [-0.1, -0.05) is 12.1 Å². The topological polar surface area (TPSA) is 21.3 Å². The lowest BCUT2D eigenvalue weighted by atomic mass is 10.2. The molecule has 1 rings (SSSR count). The molecule has 0 bridgehead atoms. The molecular formula is C8H8F3NO. The summed E-state index contributed by atoms with van der Waals surface area (Å²) in [4.78, 5) is 4.41. The Balaban J connectivity index is 3.05. The molecule has 2 nitrogen and oxygen atoms in total. The zero-order valence-electron chi connectivity index (χ0n) is 6.85. The second-order valence-corrected chi connectivity index (χ2v) is 2.35. The van der Waals surface area contributed by atoms with E-state index < -0.39 is 11.7 Å².